The van der Waals surface area contributed by atoms with Crippen molar-refractivity contribution in [1.29, 1.82) is 0 Å². The number of hydrogen-bond donors (Lipinski definition) is 5. The molecule has 3 amide bonds. The van der Waals surface area contributed by atoms with Gasteiger partial charge >= 0.3 is 0 Å². The summed E-state index contributed by atoms with van der Waals surface area (Å²) in [5, 5.41) is 36.8. The molecule has 1 aliphatic rings. The number of benzene rings is 3. The summed E-state index contributed by atoms with van der Waals surface area (Å²) in [5.74, 6) is -4.32. The molecule has 11 heteroatoms. The number of carbonyl (C=O) groups is 3. The number of halogens is 2. The van der Waals surface area contributed by atoms with Gasteiger partial charge in [-0.05, 0) is 48.7 Å². The molecule has 0 bridgehead atoms. The smallest absolute Gasteiger partial charge is 0.254 e. The molecule has 3 aromatic carbocycles. The van der Waals surface area contributed by atoms with Gasteiger partial charge in [-0.3, -0.25) is 14.4 Å². The molecule has 4 atom stereocenters. The summed E-state index contributed by atoms with van der Waals surface area (Å²) in [7, 11) is 0. The number of rotatable bonds is 9. The van der Waals surface area contributed by atoms with Crippen LogP contribution in [0.3, 0.4) is 0 Å². The molecule has 9 nitrogen and oxygen atoms in total. The van der Waals surface area contributed by atoms with Gasteiger partial charge in [0.1, 0.15) is 11.8 Å². The largest absolute Gasteiger partial charge is 0.508 e. The lowest BCUT2D eigenvalue weighted by molar-refractivity contribution is -0.146. The molecule has 0 radical (unpaired) electrons. The van der Waals surface area contributed by atoms with Crippen molar-refractivity contribution >= 4 is 17.7 Å². The topological polar surface area (TPSA) is 139 Å². The first-order chi connectivity index (χ1) is 19.5. The predicted molar refractivity (Wildman–Crippen MR) is 145 cm³/mol. The highest BCUT2D eigenvalue weighted by molar-refractivity contribution is 5.97. The first-order valence-corrected chi connectivity index (χ1v) is 13.1. The maximum atomic E-state index is 13.5. The van der Waals surface area contributed by atoms with Crippen molar-refractivity contribution < 1.29 is 38.5 Å². The quantitative estimate of drug-likeness (QED) is 0.268. The normalized spacial score (nSPS) is 18.0. The fourth-order valence-corrected chi connectivity index (χ4v) is 4.83. The van der Waals surface area contributed by atoms with E-state index in [1.807, 2.05) is 0 Å². The Bertz CT molecular complexity index is 1420. The highest BCUT2D eigenvalue weighted by Crippen LogP contribution is 2.23. The molecule has 216 valence electrons. The number of phenolic OH excluding ortho intramolecular Hbond substituents is 1. The third-order valence-electron chi connectivity index (χ3n) is 7.11. The van der Waals surface area contributed by atoms with Crippen molar-refractivity contribution in [3.8, 4) is 5.75 Å². The number of carbonyl (C=O) groups excluding carboxylic acids is 3. The van der Waals surface area contributed by atoms with Crippen molar-refractivity contribution in [2.24, 2.45) is 0 Å². The molecule has 0 aromatic heterocycles. The van der Waals surface area contributed by atoms with Crippen molar-refractivity contribution in [1.82, 2.24) is 15.5 Å². The van der Waals surface area contributed by atoms with E-state index in [2.05, 4.69) is 10.6 Å². The van der Waals surface area contributed by atoms with Crippen molar-refractivity contribution in [3.05, 3.63) is 101 Å². The van der Waals surface area contributed by atoms with E-state index in [4.69, 9.17) is 0 Å². The van der Waals surface area contributed by atoms with Gasteiger partial charge in [0, 0.05) is 30.6 Å². The monoisotopic (exact) mass is 567 g/mol. The van der Waals surface area contributed by atoms with Crippen LogP contribution in [0.15, 0.2) is 66.7 Å². The number of likely N-dealkylation sites (tertiary alicyclic amines) is 1. The molecule has 0 aliphatic carbocycles. The van der Waals surface area contributed by atoms with Crippen LogP contribution in [0.1, 0.15) is 33.5 Å². The Morgan fingerprint density at radius 1 is 1.00 bits per heavy atom. The summed E-state index contributed by atoms with van der Waals surface area (Å²) in [5.41, 5.74) is 1.50. The van der Waals surface area contributed by atoms with Crippen LogP contribution in [0.2, 0.25) is 0 Å². The fourth-order valence-electron chi connectivity index (χ4n) is 4.83. The molecule has 41 heavy (non-hydrogen) atoms. The van der Waals surface area contributed by atoms with E-state index in [0.29, 0.717) is 11.1 Å². The van der Waals surface area contributed by atoms with E-state index in [1.54, 1.807) is 37.3 Å². The van der Waals surface area contributed by atoms with E-state index < -0.39 is 53.6 Å². The van der Waals surface area contributed by atoms with Crippen LogP contribution in [0.25, 0.3) is 0 Å². The number of amides is 3. The third-order valence-corrected chi connectivity index (χ3v) is 7.11. The van der Waals surface area contributed by atoms with E-state index in [1.165, 1.54) is 24.3 Å². The molecule has 0 unspecified atom stereocenters. The number of aliphatic hydroxyl groups is 2. The Kier molecular flexibility index (Phi) is 9.31. The molecule has 1 fully saturated rings. The second-order valence-corrected chi connectivity index (χ2v) is 10.0. The summed E-state index contributed by atoms with van der Waals surface area (Å²) < 4.78 is 26.8. The number of nitrogens with one attached hydrogen (secondary N) is 2. The molecular weight excluding hydrogens is 536 g/mol. The molecule has 1 heterocycles. The number of β-amino-alcohol motifs (C(OH)–C–C–N with tert-alkyl or cyclic N) is 1. The Labute approximate surface area is 235 Å². The van der Waals surface area contributed by atoms with Gasteiger partial charge in [0.25, 0.3) is 11.8 Å². The van der Waals surface area contributed by atoms with Crippen LogP contribution < -0.4 is 10.6 Å². The Morgan fingerprint density at radius 3 is 2.44 bits per heavy atom. The molecule has 0 spiro atoms. The minimum atomic E-state index is -1.79. The van der Waals surface area contributed by atoms with Gasteiger partial charge in [0.15, 0.2) is 17.7 Å². The van der Waals surface area contributed by atoms with E-state index in [0.717, 1.165) is 22.6 Å². The Morgan fingerprint density at radius 2 is 1.73 bits per heavy atom. The summed E-state index contributed by atoms with van der Waals surface area (Å²) in [4.78, 5) is 40.7. The van der Waals surface area contributed by atoms with E-state index in [-0.39, 0.29) is 37.2 Å². The van der Waals surface area contributed by atoms with Gasteiger partial charge in [-0.25, -0.2) is 8.78 Å². The van der Waals surface area contributed by atoms with Gasteiger partial charge in [0.05, 0.1) is 12.1 Å². The minimum absolute atomic E-state index is 0.0702. The van der Waals surface area contributed by atoms with Gasteiger partial charge in [-0.15, -0.1) is 0 Å². The SMILES string of the molecule is Cc1c(O)cccc1C(=O)N[C@@H](Cc1ccccc1)[C@H](O)C(=O)N1C[C@H](O)C[C@H]1C(=O)NCc1ccc(F)c(F)c1. The zero-order valence-corrected chi connectivity index (χ0v) is 22.3. The number of aromatic hydroxyl groups is 1. The molecule has 3 aromatic rings. The average molecular weight is 568 g/mol. The Balaban J connectivity index is 1.52. The lowest BCUT2D eigenvalue weighted by atomic mass is 9.98. The molecular formula is C30H31F2N3O6. The van der Waals surface area contributed by atoms with Crippen LogP contribution in [0.5, 0.6) is 5.75 Å². The second-order valence-electron chi connectivity index (χ2n) is 10.0. The first-order valence-electron chi connectivity index (χ1n) is 13.1. The molecule has 5 N–H and O–H groups in total. The number of aliphatic hydroxyl groups excluding tert-OH is 2. The predicted octanol–water partition coefficient (Wildman–Crippen LogP) is 1.96. The third kappa shape index (κ3) is 7.05. The van der Waals surface area contributed by atoms with Crippen molar-refractivity contribution in [2.75, 3.05) is 6.54 Å². The van der Waals surface area contributed by atoms with E-state index >= 15 is 0 Å². The van der Waals surface area contributed by atoms with Crippen molar-refractivity contribution in [3.63, 3.8) is 0 Å². The maximum Gasteiger partial charge on any atom is 0.254 e. The zero-order valence-electron chi connectivity index (χ0n) is 22.3. The van der Waals surface area contributed by atoms with Crippen LogP contribution in [0.4, 0.5) is 8.78 Å². The first kappa shape index (κ1) is 29.6. The number of hydrogen-bond acceptors (Lipinski definition) is 6. The summed E-state index contributed by atoms with van der Waals surface area (Å²) in [6.07, 6.45) is -2.85. The minimum Gasteiger partial charge on any atom is -0.508 e. The Hall–Kier alpha value is -4.35. The van der Waals surface area contributed by atoms with E-state index in [9.17, 15) is 38.5 Å². The van der Waals surface area contributed by atoms with Gasteiger partial charge in [-0.2, -0.15) is 0 Å². The lowest BCUT2D eigenvalue weighted by Gasteiger charge is -2.30. The summed E-state index contributed by atoms with van der Waals surface area (Å²) >= 11 is 0. The molecule has 1 aliphatic heterocycles. The summed E-state index contributed by atoms with van der Waals surface area (Å²) in [6.45, 7) is 1.19. The van der Waals surface area contributed by atoms with Crippen LogP contribution in [-0.2, 0) is 22.6 Å². The molecule has 4 rings (SSSR count). The number of phenols is 1. The fraction of sp³-hybridized carbons (Fsp3) is 0.300. The van der Waals surface area contributed by atoms with Crippen LogP contribution >= 0.6 is 0 Å². The number of nitrogens with zero attached hydrogens (tertiary/aromatic N) is 1. The molecule has 1 saturated heterocycles. The van der Waals surface area contributed by atoms with Gasteiger partial charge < -0.3 is 30.9 Å². The van der Waals surface area contributed by atoms with Crippen LogP contribution in [0, 0.1) is 18.6 Å². The summed E-state index contributed by atoms with van der Waals surface area (Å²) in [6, 6.07) is 14.2. The van der Waals surface area contributed by atoms with Gasteiger partial charge in [-0.1, -0.05) is 42.5 Å². The zero-order chi connectivity index (χ0) is 29.7. The average Bonchev–Trinajstić information content (AvgIpc) is 3.36. The maximum absolute atomic E-state index is 13.5. The highest BCUT2D eigenvalue weighted by atomic mass is 19.2. The van der Waals surface area contributed by atoms with Crippen LogP contribution in [-0.4, -0.2) is 68.8 Å². The molecule has 0 saturated carbocycles. The standard InChI is InChI=1S/C30H31F2N3O6/c1-17-21(8-5-9-26(17)37)28(39)34-24(13-18-6-3-2-4-7-18)27(38)30(41)35-16-20(36)14-25(35)29(40)33-15-19-10-11-22(31)23(32)12-19/h2-12,20,24-25,27,36-38H,13-16H2,1H3,(H,33,40)(H,34,39)/t20-,24+,25+,27+/m1/s1. The van der Waals surface area contributed by atoms with Gasteiger partial charge in [0.2, 0.25) is 5.91 Å². The second kappa shape index (κ2) is 12.9. The van der Waals surface area contributed by atoms with Crippen molar-refractivity contribution in [2.45, 2.75) is 50.6 Å². The highest BCUT2D eigenvalue weighted by Gasteiger charge is 2.42. The lowest BCUT2D eigenvalue weighted by Crippen LogP contribution is -2.55.